The molecular weight excluding hydrogens is 230 g/mol. The van der Waals surface area contributed by atoms with Gasteiger partial charge in [-0.05, 0) is 42.2 Å². The largest absolute Gasteiger partial charge is 0.338 e. The first-order chi connectivity index (χ1) is 8.33. The van der Waals surface area contributed by atoms with E-state index in [4.69, 9.17) is 0 Å². The molecule has 0 saturated heterocycles. The van der Waals surface area contributed by atoms with Crippen LogP contribution in [0.1, 0.15) is 42.5 Å². The van der Waals surface area contributed by atoms with Gasteiger partial charge in [0.05, 0.1) is 0 Å². The van der Waals surface area contributed by atoms with E-state index in [9.17, 15) is 4.79 Å². The Morgan fingerprint density at radius 1 is 1.41 bits per heavy atom. The molecular formula is C14H19NOS. The van der Waals surface area contributed by atoms with Crippen LogP contribution in [0.25, 0.3) is 0 Å². The normalized spacial score (nSPS) is 20.6. The third-order valence-electron chi connectivity index (χ3n) is 4.10. The van der Waals surface area contributed by atoms with Gasteiger partial charge in [-0.25, -0.2) is 0 Å². The minimum Gasteiger partial charge on any atom is -0.338 e. The molecule has 2 nitrogen and oxygen atoms in total. The van der Waals surface area contributed by atoms with E-state index in [0.29, 0.717) is 11.8 Å². The zero-order chi connectivity index (χ0) is 11.7. The number of fused-ring (bicyclic) bond motifs is 1. The lowest BCUT2D eigenvalue weighted by atomic mass is 10.0. The molecule has 3 rings (SSSR count). The minimum absolute atomic E-state index is 0.383. The molecule has 0 radical (unpaired) electrons. The fourth-order valence-electron chi connectivity index (χ4n) is 3.05. The highest BCUT2D eigenvalue weighted by Crippen LogP contribution is 2.29. The summed E-state index contributed by atoms with van der Waals surface area (Å²) >= 11 is 1.83. The van der Waals surface area contributed by atoms with Crippen molar-refractivity contribution in [3.05, 3.63) is 21.9 Å². The van der Waals surface area contributed by atoms with Crippen LogP contribution >= 0.6 is 11.3 Å². The summed E-state index contributed by atoms with van der Waals surface area (Å²) in [6.45, 7) is 1.78. The van der Waals surface area contributed by atoms with E-state index in [1.54, 1.807) is 0 Å². The number of carbonyl (C=O) groups is 1. The average Bonchev–Trinajstić information content (AvgIpc) is 2.97. The van der Waals surface area contributed by atoms with Crippen LogP contribution in [-0.2, 0) is 17.8 Å². The second kappa shape index (κ2) is 4.81. The Hall–Kier alpha value is -0.830. The van der Waals surface area contributed by atoms with Gasteiger partial charge in [0.1, 0.15) is 0 Å². The van der Waals surface area contributed by atoms with Crippen molar-refractivity contribution in [2.75, 3.05) is 6.54 Å². The van der Waals surface area contributed by atoms with Crippen molar-refractivity contribution in [1.29, 1.82) is 0 Å². The molecule has 0 aromatic carbocycles. The van der Waals surface area contributed by atoms with Crippen LogP contribution in [0.4, 0.5) is 0 Å². The van der Waals surface area contributed by atoms with E-state index < -0.39 is 0 Å². The molecule has 1 saturated carbocycles. The van der Waals surface area contributed by atoms with Crippen molar-refractivity contribution in [3.63, 3.8) is 0 Å². The molecule has 92 valence electrons. The van der Waals surface area contributed by atoms with Gasteiger partial charge in [0, 0.05) is 24.4 Å². The first-order valence-corrected chi connectivity index (χ1v) is 7.54. The van der Waals surface area contributed by atoms with Crippen molar-refractivity contribution in [2.45, 2.75) is 45.1 Å². The van der Waals surface area contributed by atoms with Crippen LogP contribution < -0.4 is 0 Å². The summed E-state index contributed by atoms with van der Waals surface area (Å²) in [5.41, 5.74) is 1.38. The third kappa shape index (κ3) is 2.39. The van der Waals surface area contributed by atoms with Crippen molar-refractivity contribution >= 4 is 17.2 Å². The van der Waals surface area contributed by atoms with E-state index in [0.717, 1.165) is 25.9 Å². The molecule has 1 aliphatic carbocycles. The van der Waals surface area contributed by atoms with Gasteiger partial charge < -0.3 is 4.90 Å². The van der Waals surface area contributed by atoms with Crippen LogP contribution in [0, 0.1) is 5.92 Å². The predicted molar refractivity (Wildman–Crippen MR) is 70.0 cm³/mol. The number of carbonyl (C=O) groups excluding carboxylic acids is 1. The quantitative estimate of drug-likeness (QED) is 0.788. The summed E-state index contributed by atoms with van der Waals surface area (Å²) in [6.07, 6.45) is 7.04. The lowest BCUT2D eigenvalue weighted by molar-refractivity contribution is -0.133. The van der Waals surface area contributed by atoms with Crippen LogP contribution in [-0.4, -0.2) is 17.4 Å². The highest BCUT2D eigenvalue weighted by molar-refractivity contribution is 7.10. The molecule has 0 spiro atoms. The maximum absolute atomic E-state index is 12.2. The standard InChI is InChI=1S/C14H19NOS/c16-14(9-11-3-1-2-4-11)15-7-5-13-12(10-15)6-8-17-13/h6,8,11H,1-5,7,9-10H2. The summed E-state index contributed by atoms with van der Waals surface area (Å²) in [7, 11) is 0. The van der Waals surface area contributed by atoms with Gasteiger partial charge in [0.15, 0.2) is 0 Å². The molecule has 2 aliphatic rings. The first kappa shape index (κ1) is 11.3. The summed E-state index contributed by atoms with van der Waals surface area (Å²) in [6, 6.07) is 2.18. The molecule has 17 heavy (non-hydrogen) atoms. The molecule has 0 atom stereocenters. The smallest absolute Gasteiger partial charge is 0.223 e. The molecule has 1 fully saturated rings. The van der Waals surface area contributed by atoms with Gasteiger partial charge in [-0.15, -0.1) is 11.3 Å². The summed E-state index contributed by atoms with van der Waals surface area (Å²) in [5.74, 6) is 1.06. The van der Waals surface area contributed by atoms with Crippen molar-refractivity contribution in [2.24, 2.45) is 5.92 Å². The van der Waals surface area contributed by atoms with Crippen LogP contribution in [0.5, 0.6) is 0 Å². The Balaban J connectivity index is 1.60. The fraction of sp³-hybridized carbons (Fsp3) is 0.643. The first-order valence-electron chi connectivity index (χ1n) is 6.66. The molecule has 1 aliphatic heterocycles. The second-order valence-corrected chi connectivity index (χ2v) is 6.29. The van der Waals surface area contributed by atoms with E-state index in [1.807, 2.05) is 11.3 Å². The van der Waals surface area contributed by atoms with Crippen molar-refractivity contribution < 1.29 is 4.79 Å². The third-order valence-corrected chi connectivity index (χ3v) is 5.12. The van der Waals surface area contributed by atoms with Gasteiger partial charge in [0.25, 0.3) is 0 Å². The fourth-order valence-corrected chi connectivity index (χ4v) is 3.94. The Kier molecular flexibility index (Phi) is 3.19. The van der Waals surface area contributed by atoms with E-state index in [1.165, 1.54) is 36.1 Å². The Morgan fingerprint density at radius 2 is 2.24 bits per heavy atom. The zero-order valence-corrected chi connectivity index (χ0v) is 11.0. The number of thiophene rings is 1. The molecule has 1 aromatic rings. The lowest BCUT2D eigenvalue weighted by Gasteiger charge is -2.28. The van der Waals surface area contributed by atoms with Crippen LogP contribution in [0.2, 0.25) is 0 Å². The van der Waals surface area contributed by atoms with Gasteiger partial charge >= 0.3 is 0 Å². The van der Waals surface area contributed by atoms with Crippen LogP contribution in [0.15, 0.2) is 11.4 Å². The molecule has 1 aromatic heterocycles. The number of hydrogen-bond acceptors (Lipinski definition) is 2. The Bertz CT molecular complexity index is 406. The number of nitrogens with zero attached hydrogens (tertiary/aromatic N) is 1. The van der Waals surface area contributed by atoms with Gasteiger partial charge in [-0.2, -0.15) is 0 Å². The van der Waals surface area contributed by atoms with E-state index in [-0.39, 0.29) is 0 Å². The van der Waals surface area contributed by atoms with Crippen molar-refractivity contribution in [3.8, 4) is 0 Å². The SMILES string of the molecule is O=C(CC1CCCC1)N1CCc2sccc2C1. The lowest BCUT2D eigenvalue weighted by Crippen LogP contribution is -2.36. The Morgan fingerprint density at radius 3 is 3.06 bits per heavy atom. The second-order valence-electron chi connectivity index (χ2n) is 5.29. The molecule has 3 heteroatoms. The average molecular weight is 249 g/mol. The highest BCUT2D eigenvalue weighted by Gasteiger charge is 2.25. The molecule has 0 N–H and O–H groups in total. The topological polar surface area (TPSA) is 20.3 Å². The molecule has 0 unspecified atom stereocenters. The highest BCUT2D eigenvalue weighted by atomic mass is 32.1. The van der Waals surface area contributed by atoms with E-state index in [2.05, 4.69) is 16.3 Å². The maximum Gasteiger partial charge on any atom is 0.223 e. The van der Waals surface area contributed by atoms with Crippen LogP contribution in [0.3, 0.4) is 0 Å². The summed E-state index contributed by atoms with van der Waals surface area (Å²) in [4.78, 5) is 15.8. The predicted octanol–water partition coefficient (Wildman–Crippen LogP) is 3.21. The number of rotatable bonds is 2. The summed E-state index contributed by atoms with van der Waals surface area (Å²) in [5, 5.41) is 2.15. The molecule has 0 bridgehead atoms. The summed E-state index contributed by atoms with van der Waals surface area (Å²) < 4.78 is 0. The van der Waals surface area contributed by atoms with Gasteiger partial charge in [0.2, 0.25) is 5.91 Å². The Labute approximate surface area is 107 Å². The molecule has 1 amide bonds. The number of hydrogen-bond donors (Lipinski definition) is 0. The monoisotopic (exact) mass is 249 g/mol. The minimum atomic E-state index is 0.383. The van der Waals surface area contributed by atoms with Gasteiger partial charge in [-0.1, -0.05) is 12.8 Å². The van der Waals surface area contributed by atoms with Crippen molar-refractivity contribution in [1.82, 2.24) is 4.90 Å². The molecule has 2 heterocycles. The maximum atomic E-state index is 12.2. The zero-order valence-electron chi connectivity index (χ0n) is 10.2. The van der Waals surface area contributed by atoms with Gasteiger partial charge in [-0.3, -0.25) is 4.79 Å². The number of amides is 1. The van der Waals surface area contributed by atoms with E-state index >= 15 is 0 Å².